The number of likely N-dealkylation sites (tertiary alicyclic amines) is 1. The van der Waals surface area contributed by atoms with E-state index in [0.717, 1.165) is 62.2 Å². The summed E-state index contributed by atoms with van der Waals surface area (Å²) in [6.45, 7) is 10.2. The van der Waals surface area contributed by atoms with Gasteiger partial charge in [0.05, 0.1) is 26.9 Å². The smallest absolute Gasteiger partial charge is 0.161 e. The number of piperidine rings is 1. The number of methoxy groups -OCH3 is 1. The summed E-state index contributed by atoms with van der Waals surface area (Å²) in [4.78, 5) is 5.40. The van der Waals surface area contributed by atoms with Gasteiger partial charge in [-0.25, -0.2) is 0 Å². The maximum atomic E-state index is 5.66. The first-order valence-corrected chi connectivity index (χ1v) is 10.6. The van der Waals surface area contributed by atoms with Gasteiger partial charge >= 0.3 is 0 Å². The second-order valence-corrected chi connectivity index (χ2v) is 8.20. The minimum atomic E-state index is 0. The van der Waals surface area contributed by atoms with E-state index in [1.54, 1.807) is 7.11 Å². The number of morpholine rings is 1. The molecule has 0 aromatic heterocycles. The standard InChI is InChI=1S/C22H34N2O3.2ClH/c1-3-27-20-8-7-17(13-21(20)25-2)14-23-15-18-5-4-6-19(16-23)22(18)24-9-11-26-12-10-24;;/h7-8,13,18-19,22H,3-6,9-12,14-16H2,1-2H3;2*1H. The lowest BCUT2D eigenvalue weighted by atomic mass is 9.72. The van der Waals surface area contributed by atoms with Crippen LogP contribution in [0.5, 0.6) is 11.5 Å². The highest BCUT2D eigenvalue weighted by Gasteiger charge is 2.42. The van der Waals surface area contributed by atoms with Crippen molar-refractivity contribution in [3.63, 3.8) is 0 Å². The summed E-state index contributed by atoms with van der Waals surface area (Å²) in [5, 5.41) is 0. The number of hydrogen-bond acceptors (Lipinski definition) is 5. The van der Waals surface area contributed by atoms with Crippen molar-refractivity contribution in [2.45, 2.75) is 38.8 Å². The van der Waals surface area contributed by atoms with Crippen molar-refractivity contribution in [2.75, 3.05) is 53.1 Å². The molecular weight excluding hydrogens is 411 g/mol. The van der Waals surface area contributed by atoms with Gasteiger partial charge in [0.15, 0.2) is 11.5 Å². The highest BCUT2D eigenvalue weighted by molar-refractivity contribution is 5.85. The Morgan fingerprint density at radius 3 is 2.34 bits per heavy atom. The number of ether oxygens (including phenoxy) is 3. The molecule has 4 rings (SSSR count). The minimum Gasteiger partial charge on any atom is -0.493 e. The van der Waals surface area contributed by atoms with Crippen LogP contribution >= 0.6 is 24.8 Å². The minimum absolute atomic E-state index is 0. The fraction of sp³-hybridized carbons (Fsp3) is 0.727. The van der Waals surface area contributed by atoms with E-state index in [0.29, 0.717) is 6.61 Å². The van der Waals surface area contributed by atoms with Crippen LogP contribution < -0.4 is 9.47 Å². The molecule has 0 amide bonds. The number of nitrogens with zero attached hydrogens (tertiary/aromatic N) is 2. The Kier molecular flexibility index (Phi) is 9.83. The number of fused-ring (bicyclic) bond motifs is 2. The summed E-state index contributed by atoms with van der Waals surface area (Å²) in [7, 11) is 1.72. The van der Waals surface area contributed by atoms with E-state index in [1.165, 1.54) is 37.9 Å². The van der Waals surface area contributed by atoms with Gasteiger partial charge in [0, 0.05) is 38.8 Å². The molecular formula is C22H36Cl2N2O3. The third kappa shape index (κ3) is 5.71. The molecule has 2 unspecified atom stereocenters. The second kappa shape index (κ2) is 11.6. The predicted octanol–water partition coefficient (Wildman–Crippen LogP) is 3.87. The summed E-state index contributed by atoms with van der Waals surface area (Å²) in [6, 6.07) is 7.17. The van der Waals surface area contributed by atoms with Crippen LogP contribution in [0.3, 0.4) is 0 Å². The lowest BCUT2D eigenvalue weighted by Gasteiger charge is -2.52. The molecule has 0 radical (unpaired) electrons. The van der Waals surface area contributed by atoms with Crippen LogP contribution in [0, 0.1) is 11.8 Å². The van der Waals surface area contributed by atoms with Gasteiger partial charge in [-0.15, -0.1) is 24.8 Å². The zero-order valence-electron chi connectivity index (χ0n) is 17.7. The Bertz CT molecular complexity index is 614. The average Bonchev–Trinajstić information content (AvgIpc) is 2.69. The van der Waals surface area contributed by atoms with Crippen LogP contribution in [0.4, 0.5) is 0 Å². The molecule has 0 N–H and O–H groups in total. The second-order valence-electron chi connectivity index (χ2n) is 8.20. The number of hydrogen-bond donors (Lipinski definition) is 0. The summed E-state index contributed by atoms with van der Waals surface area (Å²) < 4.78 is 16.8. The molecule has 1 aliphatic carbocycles. The summed E-state index contributed by atoms with van der Waals surface area (Å²) >= 11 is 0. The van der Waals surface area contributed by atoms with Gasteiger partial charge in [-0.2, -0.15) is 0 Å². The van der Waals surface area contributed by atoms with Gasteiger partial charge in [0.2, 0.25) is 0 Å². The van der Waals surface area contributed by atoms with E-state index < -0.39 is 0 Å². The molecule has 3 aliphatic rings. The Morgan fingerprint density at radius 1 is 1.03 bits per heavy atom. The van der Waals surface area contributed by atoms with Crippen molar-refractivity contribution in [1.29, 1.82) is 0 Å². The van der Waals surface area contributed by atoms with Crippen molar-refractivity contribution in [3.8, 4) is 11.5 Å². The van der Waals surface area contributed by atoms with E-state index in [-0.39, 0.29) is 24.8 Å². The first-order chi connectivity index (χ1) is 13.3. The largest absolute Gasteiger partial charge is 0.493 e. The van der Waals surface area contributed by atoms with E-state index in [4.69, 9.17) is 14.2 Å². The fourth-order valence-corrected chi connectivity index (χ4v) is 5.45. The Hall–Kier alpha value is -0.720. The molecule has 2 bridgehead atoms. The van der Waals surface area contributed by atoms with Crippen LogP contribution in [-0.2, 0) is 11.3 Å². The van der Waals surface area contributed by atoms with Gasteiger partial charge in [-0.3, -0.25) is 9.80 Å². The molecule has 2 atom stereocenters. The average molecular weight is 447 g/mol. The lowest BCUT2D eigenvalue weighted by molar-refractivity contribution is -0.0623. The van der Waals surface area contributed by atoms with Gasteiger partial charge in [-0.1, -0.05) is 12.5 Å². The molecule has 1 saturated carbocycles. The van der Waals surface area contributed by atoms with Crippen molar-refractivity contribution < 1.29 is 14.2 Å². The summed E-state index contributed by atoms with van der Waals surface area (Å²) in [6.07, 6.45) is 4.16. The molecule has 0 spiro atoms. The maximum Gasteiger partial charge on any atom is 0.161 e. The lowest BCUT2D eigenvalue weighted by Crippen LogP contribution is -2.59. The topological polar surface area (TPSA) is 34.2 Å². The first-order valence-electron chi connectivity index (χ1n) is 10.6. The molecule has 1 aromatic carbocycles. The number of rotatable bonds is 6. The number of halogens is 2. The first kappa shape index (κ1) is 24.5. The Labute approximate surface area is 187 Å². The molecule has 2 saturated heterocycles. The Morgan fingerprint density at radius 2 is 1.72 bits per heavy atom. The monoisotopic (exact) mass is 446 g/mol. The van der Waals surface area contributed by atoms with E-state index in [1.807, 2.05) is 6.92 Å². The SMILES string of the molecule is CCOc1ccc(CN2CC3CCCC(C2)C3N2CCOCC2)cc1OC.Cl.Cl. The van der Waals surface area contributed by atoms with Gasteiger partial charge < -0.3 is 14.2 Å². The molecule has 3 fully saturated rings. The third-order valence-corrected chi connectivity index (χ3v) is 6.50. The molecule has 2 aliphatic heterocycles. The van der Waals surface area contributed by atoms with Gasteiger partial charge in [-0.05, 0) is 49.3 Å². The van der Waals surface area contributed by atoms with Crippen molar-refractivity contribution >= 4 is 24.8 Å². The summed E-state index contributed by atoms with van der Waals surface area (Å²) in [5.41, 5.74) is 1.32. The van der Waals surface area contributed by atoms with Crippen LogP contribution in [0.1, 0.15) is 31.7 Å². The molecule has 5 nitrogen and oxygen atoms in total. The van der Waals surface area contributed by atoms with E-state index in [9.17, 15) is 0 Å². The van der Waals surface area contributed by atoms with Crippen molar-refractivity contribution in [2.24, 2.45) is 11.8 Å². The van der Waals surface area contributed by atoms with Crippen LogP contribution in [-0.4, -0.2) is 69.0 Å². The quantitative estimate of drug-likeness (QED) is 0.662. The van der Waals surface area contributed by atoms with Crippen LogP contribution in [0.2, 0.25) is 0 Å². The highest BCUT2D eigenvalue weighted by Crippen LogP contribution is 2.39. The van der Waals surface area contributed by atoms with E-state index >= 15 is 0 Å². The molecule has 29 heavy (non-hydrogen) atoms. The van der Waals surface area contributed by atoms with Crippen LogP contribution in [0.15, 0.2) is 18.2 Å². The fourth-order valence-electron chi connectivity index (χ4n) is 5.45. The molecule has 166 valence electrons. The van der Waals surface area contributed by atoms with Crippen molar-refractivity contribution in [3.05, 3.63) is 23.8 Å². The molecule has 7 heteroatoms. The molecule has 1 aromatic rings. The van der Waals surface area contributed by atoms with E-state index in [2.05, 4.69) is 28.0 Å². The molecule has 2 heterocycles. The Balaban J connectivity index is 0.00000150. The third-order valence-electron chi connectivity index (χ3n) is 6.50. The van der Waals surface area contributed by atoms with Crippen molar-refractivity contribution in [1.82, 2.24) is 9.80 Å². The highest BCUT2D eigenvalue weighted by atomic mass is 35.5. The zero-order valence-corrected chi connectivity index (χ0v) is 19.3. The normalized spacial score (nSPS) is 27.4. The summed E-state index contributed by atoms with van der Waals surface area (Å²) in [5.74, 6) is 3.30. The van der Waals surface area contributed by atoms with Crippen LogP contribution in [0.25, 0.3) is 0 Å². The van der Waals surface area contributed by atoms with Gasteiger partial charge in [0.25, 0.3) is 0 Å². The zero-order chi connectivity index (χ0) is 18.6. The number of benzene rings is 1. The predicted molar refractivity (Wildman–Crippen MR) is 121 cm³/mol. The maximum absolute atomic E-state index is 5.66. The van der Waals surface area contributed by atoms with Gasteiger partial charge in [0.1, 0.15) is 0 Å².